The largest absolute Gasteiger partial charge is 0.300 e. The Bertz CT molecular complexity index is 584. The van der Waals surface area contributed by atoms with E-state index in [4.69, 9.17) is 5.84 Å². The number of benzene rings is 1. The van der Waals surface area contributed by atoms with Crippen molar-refractivity contribution in [2.75, 3.05) is 13.6 Å². The predicted octanol–water partition coefficient (Wildman–Crippen LogP) is 1.66. The van der Waals surface area contributed by atoms with E-state index in [2.05, 4.69) is 15.3 Å². The van der Waals surface area contributed by atoms with Crippen LogP contribution in [0.25, 0.3) is 0 Å². The highest BCUT2D eigenvalue weighted by Gasteiger charge is 2.22. The van der Waals surface area contributed by atoms with Gasteiger partial charge < -0.3 is 4.90 Å². The third kappa shape index (κ3) is 4.10. The first-order valence-corrected chi connectivity index (χ1v) is 7.62. The Morgan fingerprint density at radius 1 is 1.43 bits per heavy atom. The molecule has 2 aromatic rings. The Kier molecular flexibility index (Phi) is 5.44. The van der Waals surface area contributed by atoms with Crippen LogP contribution in [-0.2, 0) is 11.3 Å². The molecule has 1 atom stereocenters. The molecule has 1 aromatic heterocycles. The maximum absolute atomic E-state index is 12.0. The third-order valence-corrected chi connectivity index (χ3v) is 4.33. The molecule has 0 spiro atoms. The predicted molar refractivity (Wildman–Crippen MR) is 84.7 cm³/mol. The molecule has 1 heterocycles. The molecule has 0 saturated heterocycles. The molecule has 2 rings (SSSR count). The fourth-order valence-corrected chi connectivity index (χ4v) is 3.08. The van der Waals surface area contributed by atoms with E-state index >= 15 is 0 Å². The Balaban J connectivity index is 2.08. The van der Waals surface area contributed by atoms with Crippen molar-refractivity contribution in [2.24, 2.45) is 5.84 Å². The number of amides is 1. The van der Waals surface area contributed by atoms with Gasteiger partial charge in [-0.3, -0.25) is 10.2 Å². The zero-order valence-electron chi connectivity index (χ0n) is 12.2. The summed E-state index contributed by atoms with van der Waals surface area (Å²) in [6.07, 6.45) is 0. The highest BCUT2D eigenvalue weighted by molar-refractivity contribution is 7.09. The third-order valence-electron chi connectivity index (χ3n) is 3.41. The quantitative estimate of drug-likeness (QED) is 0.484. The molecule has 3 N–H and O–H groups in total. The number of aryl methyl sites for hydroxylation is 1. The minimum atomic E-state index is -0.283. The lowest BCUT2D eigenvalue weighted by molar-refractivity contribution is -0.123. The van der Waals surface area contributed by atoms with Crippen LogP contribution in [0.5, 0.6) is 0 Å². The zero-order valence-corrected chi connectivity index (χ0v) is 13.1. The second kappa shape index (κ2) is 7.31. The Labute approximate surface area is 128 Å². The number of hydrogen-bond acceptors (Lipinski definition) is 5. The molecular weight excluding hydrogens is 284 g/mol. The maximum atomic E-state index is 12.0. The van der Waals surface area contributed by atoms with Crippen molar-refractivity contribution >= 4 is 17.2 Å². The number of likely N-dealkylation sites (N-methyl/N-ethyl adjacent to an activating group) is 1. The summed E-state index contributed by atoms with van der Waals surface area (Å²) in [7, 11) is 2.00. The van der Waals surface area contributed by atoms with Gasteiger partial charge in [0.2, 0.25) is 5.91 Å². The van der Waals surface area contributed by atoms with E-state index in [0.29, 0.717) is 6.54 Å². The Morgan fingerprint density at radius 2 is 2.14 bits per heavy atom. The van der Waals surface area contributed by atoms with E-state index in [0.717, 1.165) is 17.8 Å². The summed E-state index contributed by atoms with van der Waals surface area (Å²) in [4.78, 5) is 19.6. The van der Waals surface area contributed by atoms with Crippen molar-refractivity contribution in [1.82, 2.24) is 15.3 Å². The van der Waals surface area contributed by atoms with Gasteiger partial charge >= 0.3 is 0 Å². The first kappa shape index (κ1) is 15.6. The average molecular weight is 304 g/mol. The van der Waals surface area contributed by atoms with Crippen LogP contribution < -0.4 is 11.3 Å². The molecule has 1 amide bonds. The van der Waals surface area contributed by atoms with Crippen LogP contribution in [0, 0.1) is 6.92 Å². The minimum Gasteiger partial charge on any atom is -0.300 e. The van der Waals surface area contributed by atoms with Gasteiger partial charge in [0.1, 0.15) is 0 Å². The van der Waals surface area contributed by atoms with Gasteiger partial charge in [-0.15, -0.1) is 11.3 Å². The topological polar surface area (TPSA) is 71.2 Å². The summed E-state index contributed by atoms with van der Waals surface area (Å²) in [6.45, 7) is 3.38. The van der Waals surface area contributed by atoms with Crippen LogP contribution in [0.1, 0.15) is 22.1 Å². The standard InChI is InChI=1S/C15H20N4OS/c1-11-14(21-10-17-11)9-19(2)8-13(15(20)18-16)12-6-4-3-5-7-12/h3-7,10,13H,8-9,16H2,1-2H3,(H,18,20). The van der Waals surface area contributed by atoms with Crippen LogP contribution in [0.3, 0.4) is 0 Å². The molecule has 0 bridgehead atoms. The summed E-state index contributed by atoms with van der Waals surface area (Å²) >= 11 is 1.64. The molecular formula is C15H20N4OS. The van der Waals surface area contributed by atoms with Crippen LogP contribution in [0.2, 0.25) is 0 Å². The molecule has 1 unspecified atom stereocenters. The van der Waals surface area contributed by atoms with Crippen molar-refractivity contribution in [1.29, 1.82) is 0 Å². The molecule has 0 radical (unpaired) electrons. The second-order valence-electron chi connectivity index (χ2n) is 5.03. The number of hydrazine groups is 1. The number of carbonyl (C=O) groups excluding carboxylic acids is 1. The van der Waals surface area contributed by atoms with Gasteiger partial charge in [0, 0.05) is 18.0 Å². The molecule has 6 heteroatoms. The maximum Gasteiger partial charge on any atom is 0.242 e. The number of nitrogens with one attached hydrogen (secondary N) is 1. The number of aromatic nitrogens is 1. The summed E-state index contributed by atoms with van der Waals surface area (Å²) in [5.41, 5.74) is 6.12. The lowest BCUT2D eigenvalue weighted by Gasteiger charge is -2.23. The Morgan fingerprint density at radius 3 is 2.71 bits per heavy atom. The molecule has 0 aliphatic rings. The first-order chi connectivity index (χ1) is 10.1. The highest BCUT2D eigenvalue weighted by atomic mass is 32.1. The molecule has 0 saturated carbocycles. The van der Waals surface area contributed by atoms with E-state index in [1.807, 2.05) is 49.8 Å². The van der Waals surface area contributed by atoms with Gasteiger partial charge in [-0.1, -0.05) is 30.3 Å². The van der Waals surface area contributed by atoms with Gasteiger partial charge in [0.15, 0.2) is 0 Å². The van der Waals surface area contributed by atoms with E-state index in [-0.39, 0.29) is 11.8 Å². The van der Waals surface area contributed by atoms with Crippen LogP contribution in [-0.4, -0.2) is 29.4 Å². The van der Waals surface area contributed by atoms with Crippen LogP contribution >= 0.6 is 11.3 Å². The van der Waals surface area contributed by atoms with E-state index < -0.39 is 0 Å². The van der Waals surface area contributed by atoms with Gasteiger partial charge in [-0.25, -0.2) is 10.8 Å². The summed E-state index contributed by atoms with van der Waals surface area (Å²) < 4.78 is 0. The fraction of sp³-hybridized carbons (Fsp3) is 0.333. The molecule has 0 fully saturated rings. The molecule has 0 aliphatic heterocycles. The summed E-state index contributed by atoms with van der Waals surface area (Å²) in [5.74, 6) is 4.87. The molecule has 0 aliphatic carbocycles. The highest BCUT2D eigenvalue weighted by Crippen LogP contribution is 2.19. The molecule has 112 valence electrons. The van der Waals surface area contributed by atoms with Crippen LogP contribution in [0.15, 0.2) is 35.8 Å². The van der Waals surface area contributed by atoms with Crippen molar-refractivity contribution in [3.63, 3.8) is 0 Å². The summed E-state index contributed by atoms with van der Waals surface area (Å²) in [5, 5.41) is 0. The Hall–Kier alpha value is -1.76. The van der Waals surface area contributed by atoms with Gasteiger partial charge in [0.25, 0.3) is 0 Å². The number of hydrogen-bond donors (Lipinski definition) is 2. The lowest BCUT2D eigenvalue weighted by atomic mass is 9.98. The number of carbonyl (C=O) groups is 1. The fourth-order valence-electron chi connectivity index (χ4n) is 2.22. The monoisotopic (exact) mass is 304 g/mol. The molecule has 5 nitrogen and oxygen atoms in total. The SMILES string of the molecule is Cc1ncsc1CN(C)CC(C(=O)NN)c1ccccc1. The normalized spacial score (nSPS) is 12.4. The van der Waals surface area contributed by atoms with E-state index in [1.54, 1.807) is 11.3 Å². The molecule has 21 heavy (non-hydrogen) atoms. The van der Waals surface area contributed by atoms with E-state index in [1.165, 1.54) is 4.88 Å². The number of rotatable bonds is 6. The van der Waals surface area contributed by atoms with Gasteiger partial charge in [-0.2, -0.15) is 0 Å². The second-order valence-corrected chi connectivity index (χ2v) is 5.97. The van der Waals surface area contributed by atoms with Crippen LogP contribution in [0.4, 0.5) is 0 Å². The van der Waals surface area contributed by atoms with E-state index in [9.17, 15) is 4.79 Å². The number of thiazole rings is 1. The summed E-state index contributed by atoms with van der Waals surface area (Å²) in [6, 6.07) is 9.70. The van der Waals surface area contributed by atoms with Gasteiger partial charge in [-0.05, 0) is 19.5 Å². The average Bonchev–Trinajstić information content (AvgIpc) is 2.90. The zero-order chi connectivity index (χ0) is 15.2. The van der Waals surface area contributed by atoms with Gasteiger partial charge in [0.05, 0.1) is 17.1 Å². The van der Waals surface area contributed by atoms with Crippen molar-refractivity contribution in [3.05, 3.63) is 52.0 Å². The number of nitrogens with zero attached hydrogens (tertiary/aromatic N) is 2. The smallest absolute Gasteiger partial charge is 0.242 e. The first-order valence-electron chi connectivity index (χ1n) is 6.74. The van der Waals surface area contributed by atoms with Crippen molar-refractivity contribution in [3.8, 4) is 0 Å². The number of nitrogens with two attached hydrogens (primary N) is 1. The van der Waals surface area contributed by atoms with Crippen molar-refractivity contribution < 1.29 is 4.79 Å². The van der Waals surface area contributed by atoms with Crippen molar-refractivity contribution in [2.45, 2.75) is 19.4 Å². The lowest BCUT2D eigenvalue weighted by Crippen LogP contribution is -2.39. The minimum absolute atomic E-state index is 0.172. The molecule has 1 aromatic carbocycles.